The number of hydrogen-bond donors (Lipinski definition) is 2. The number of piperidine rings is 1. The third-order valence-corrected chi connectivity index (χ3v) is 8.18. The second-order valence-corrected chi connectivity index (χ2v) is 10.2. The van der Waals surface area contributed by atoms with Crippen LogP contribution in [-0.4, -0.2) is 53.4 Å². The average molecular weight is 459 g/mol. The molecule has 4 rings (SSSR count). The highest BCUT2D eigenvalue weighted by Crippen LogP contribution is 2.40. The van der Waals surface area contributed by atoms with Crippen LogP contribution >= 0.6 is 0 Å². The first-order chi connectivity index (χ1) is 16.0. The van der Waals surface area contributed by atoms with Gasteiger partial charge in [0.1, 0.15) is 11.6 Å². The molecular weight excluding hydrogens is 419 g/mol. The minimum absolute atomic E-state index is 0.115. The number of methoxy groups -OCH3 is 1. The van der Waals surface area contributed by atoms with Crippen LogP contribution in [0.15, 0.2) is 24.4 Å². The minimum Gasteiger partial charge on any atom is -0.497 e. The Morgan fingerprint density at radius 2 is 1.97 bits per heavy atom. The molecule has 2 N–H and O–H groups in total. The predicted molar refractivity (Wildman–Crippen MR) is 129 cm³/mol. The van der Waals surface area contributed by atoms with Crippen molar-refractivity contribution in [1.29, 1.82) is 0 Å². The van der Waals surface area contributed by atoms with E-state index in [2.05, 4.69) is 9.88 Å². The molecule has 6 heteroatoms. The van der Waals surface area contributed by atoms with Crippen molar-refractivity contribution in [3.8, 4) is 5.75 Å². The summed E-state index contributed by atoms with van der Waals surface area (Å²) in [6.45, 7) is 3.26. The molecule has 5 nitrogen and oxygen atoms in total. The zero-order valence-electron chi connectivity index (χ0n) is 19.9. The summed E-state index contributed by atoms with van der Waals surface area (Å²) in [5, 5.41) is 21.8. The van der Waals surface area contributed by atoms with Crippen LogP contribution < -0.4 is 4.74 Å². The molecule has 33 heavy (non-hydrogen) atoms. The Balaban J connectivity index is 1.35. The normalized spacial score (nSPS) is 20.7. The number of halogens is 1. The summed E-state index contributed by atoms with van der Waals surface area (Å²) < 4.78 is 20.0. The van der Waals surface area contributed by atoms with E-state index in [4.69, 9.17) is 4.74 Å². The number of benzene rings is 1. The molecule has 1 aromatic carbocycles. The van der Waals surface area contributed by atoms with Crippen molar-refractivity contribution in [3.63, 3.8) is 0 Å². The highest BCUT2D eigenvalue weighted by Gasteiger charge is 2.35. The van der Waals surface area contributed by atoms with E-state index in [1.54, 1.807) is 25.3 Å². The summed E-state index contributed by atoms with van der Waals surface area (Å²) in [5.74, 6) is 0.997. The van der Waals surface area contributed by atoms with Crippen molar-refractivity contribution in [2.45, 2.75) is 70.3 Å². The number of aromatic nitrogens is 1. The van der Waals surface area contributed by atoms with Gasteiger partial charge in [-0.05, 0) is 81.3 Å². The van der Waals surface area contributed by atoms with Gasteiger partial charge in [0.05, 0.1) is 24.9 Å². The number of fused-ring (bicyclic) bond motifs is 1. The summed E-state index contributed by atoms with van der Waals surface area (Å²) in [6.07, 6.45) is 11.4. The molecule has 1 aliphatic carbocycles. The van der Waals surface area contributed by atoms with Gasteiger partial charge >= 0.3 is 0 Å². The monoisotopic (exact) mass is 458 g/mol. The zero-order chi connectivity index (χ0) is 23.3. The molecule has 2 fully saturated rings. The molecule has 1 saturated heterocycles. The van der Waals surface area contributed by atoms with Crippen molar-refractivity contribution in [2.24, 2.45) is 11.3 Å². The summed E-state index contributed by atoms with van der Waals surface area (Å²) in [5.41, 5.74) is 0.713. The minimum atomic E-state index is -0.949. The first kappa shape index (κ1) is 24.4. The van der Waals surface area contributed by atoms with Crippen LogP contribution in [0.5, 0.6) is 5.75 Å². The average Bonchev–Trinajstić information content (AvgIpc) is 2.87. The first-order valence-corrected chi connectivity index (χ1v) is 12.7. The third-order valence-electron chi connectivity index (χ3n) is 8.18. The molecule has 0 amide bonds. The molecule has 1 atom stereocenters. The van der Waals surface area contributed by atoms with E-state index >= 15 is 0 Å². The van der Waals surface area contributed by atoms with E-state index in [-0.39, 0.29) is 17.6 Å². The summed E-state index contributed by atoms with van der Waals surface area (Å²) in [6, 6.07) is 5.30. The molecule has 2 heterocycles. The SMILES string of the molecule is COc1ccc2ncc(F)c(C(O)CCC3(CO)CCN(CCC4CCCCC4)CC3)c2c1. The lowest BCUT2D eigenvalue weighted by Crippen LogP contribution is -2.42. The van der Waals surface area contributed by atoms with E-state index in [9.17, 15) is 14.6 Å². The van der Waals surface area contributed by atoms with Crippen LogP contribution in [0.25, 0.3) is 10.9 Å². The van der Waals surface area contributed by atoms with Gasteiger partial charge in [0.15, 0.2) is 0 Å². The molecule has 1 unspecified atom stereocenters. The largest absolute Gasteiger partial charge is 0.497 e. The fraction of sp³-hybridized carbons (Fsp3) is 0.667. The lowest BCUT2D eigenvalue weighted by atomic mass is 9.74. The summed E-state index contributed by atoms with van der Waals surface area (Å²) in [4.78, 5) is 6.69. The van der Waals surface area contributed by atoms with Crippen LogP contribution in [0, 0.1) is 17.2 Å². The van der Waals surface area contributed by atoms with Gasteiger partial charge in [-0.25, -0.2) is 4.39 Å². The van der Waals surface area contributed by atoms with Gasteiger partial charge in [0, 0.05) is 17.6 Å². The molecule has 0 radical (unpaired) electrons. The highest BCUT2D eigenvalue weighted by molar-refractivity contribution is 5.84. The van der Waals surface area contributed by atoms with E-state index < -0.39 is 11.9 Å². The Morgan fingerprint density at radius 3 is 2.67 bits per heavy atom. The van der Waals surface area contributed by atoms with Crippen molar-refractivity contribution in [3.05, 3.63) is 35.8 Å². The number of pyridine rings is 1. The highest BCUT2D eigenvalue weighted by atomic mass is 19.1. The lowest BCUT2D eigenvalue weighted by molar-refractivity contribution is 0.0215. The fourth-order valence-electron chi connectivity index (χ4n) is 5.80. The number of aliphatic hydroxyl groups excluding tert-OH is 2. The maximum Gasteiger partial charge on any atom is 0.147 e. The second-order valence-electron chi connectivity index (χ2n) is 10.2. The molecule has 0 spiro atoms. The number of rotatable bonds is 9. The first-order valence-electron chi connectivity index (χ1n) is 12.7. The van der Waals surface area contributed by atoms with Crippen LogP contribution in [-0.2, 0) is 0 Å². The topological polar surface area (TPSA) is 65.8 Å². The molecular formula is C27H39FN2O3. The smallest absolute Gasteiger partial charge is 0.147 e. The van der Waals surface area contributed by atoms with Crippen LogP contribution in [0.4, 0.5) is 4.39 Å². The molecule has 182 valence electrons. The van der Waals surface area contributed by atoms with Crippen LogP contribution in [0.1, 0.15) is 75.9 Å². The lowest BCUT2D eigenvalue weighted by Gasteiger charge is -2.41. The summed E-state index contributed by atoms with van der Waals surface area (Å²) >= 11 is 0. The maximum absolute atomic E-state index is 14.7. The number of nitrogens with zero attached hydrogens (tertiary/aromatic N) is 2. The van der Waals surface area contributed by atoms with Crippen molar-refractivity contribution >= 4 is 10.9 Å². The number of hydrogen-bond acceptors (Lipinski definition) is 5. The third kappa shape index (κ3) is 5.84. The van der Waals surface area contributed by atoms with Gasteiger partial charge in [0.2, 0.25) is 0 Å². The van der Waals surface area contributed by atoms with Gasteiger partial charge in [-0.2, -0.15) is 0 Å². The standard InChI is InChI=1S/C27H39FN2O3/c1-33-21-7-8-24-22(17-21)26(23(28)18-29-24)25(32)9-11-27(19-31)12-15-30(16-13-27)14-10-20-5-3-2-4-6-20/h7-8,17-18,20,25,31-32H,2-6,9-16,19H2,1H3. The Bertz CT molecular complexity index is 908. The Labute approximate surface area is 197 Å². The van der Waals surface area contributed by atoms with Crippen molar-refractivity contribution < 1.29 is 19.3 Å². The summed E-state index contributed by atoms with van der Waals surface area (Å²) in [7, 11) is 1.57. The Morgan fingerprint density at radius 1 is 1.21 bits per heavy atom. The molecule has 0 bridgehead atoms. The van der Waals surface area contributed by atoms with Gasteiger partial charge in [0.25, 0.3) is 0 Å². The number of likely N-dealkylation sites (tertiary alicyclic amines) is 1. The molecule has 2 aliphatic rings. The molecule has 1 aliphatic heterocycles. The molecule has 1 saturated carbocycles. The predicted octanol–water partition coefficient (Wildman–Crippen LogP) is 5.24. The Hall–Kier alpha value is -1.76. The zero-order valence-corrected chi connectivity index (χ0v) is 19.9. The van der Waals surface area contributed by atoms with E-state index in [1.165, 1.54) is 44.7 Å². The number of aliphatic hydroxyl groups is 2. The quantitative estimate of drug-likeness (QED) is 0.538. The number of ether oxygens (including phenoxy) is 1. The van der Waals surface area contributed by atoms with E-state index in [1.807, 2.05) is 0 Å². The van der Waals surface area contributed by atoms with E-state index in [0.29, 0.717) is 29.5 Å². The van der Waals surface area contributed by atoms with E-state index in [0.717, 1.165) is 38.4 Å². The van der Waals surface area contributed by atoms with Crippen LogP contribution in [0.2, 0.25) is 0 Å². The van der Waals surface area contributed by atoms with Crippen molar-refractivity contribution in [1.82, 2.24) is 9.88 Å². The van der Waals surface area contributed by atoms with Gasteiger partial charge in [-0.1, -0.05) is 32.1 Å². The van der Waals surface area contributed by atoms with Gasteiger partial charge in [-0.15, -0.1) is 0 Å². The van der Waals surface area contributed by atoms with Crippen LogP contribution in [0.3, 0.4) is 0 Å². The van der Waals surface area contributed by atoms with Gasteiger partial charge < -0.3 is 19.8 Å². The van der Waals surface area contributed by atoms with Crippen molar-refractivity contribution in [2.75, 3.05) is 33.4 Å². The second kappa shape index (κ2) is 11.1. The molecule has 1 aromatic heterocycles. The van der Waals surface area contributed by atoms with Gasteiger partial charge in [-0.3, -0.25) is 4.98 Å². The Kier molecular flexibility index (Phi) is 8.20. The molecule has 2 aromatic rings. The maximum atomic E-state index is 14.7. The fourth-order valence-corrected chi connectivity index (χ4v) is 5.80.